The molecule has 4 rings (SSSR count). The van der Waals surface area contributed by atoms with E-state index in [0.717, 1.165) is 21.1 Å². The number of anilines is 1. The molecule has 0 atom stereocenters. The van der Waals surface area contributed by atoms with Crippen LogP contribution in [0.2, 0.25) is 5.15 Å². The number of nitrogens with zero attached hydrogens (tertiary/aromatic N) is 6. The van der Waals surface area contributed by atoms with E-state index in [0.29, 0.717) is 16.6 Å². The molecule has 7 nitrogen and oxygen atoms in total. The van der Waals surface area contributed by atoms with Gasteiger partial charge in [0.2, 0.25) is 0 Å². The Labute approximate surface area is 161 Å². The molecule has 3 aromatic heterocycles. The summed E-state index contributed by atoms with van der Waals surface area (Å²) in [5, 5.41) is 9.82. The Hall–Kier alpha value is -2.84. The van der Waals surface area contributed by atoms with Gasteiger partial charge in [-0.2, -0.15) is 10.2 Å². The van der Waals surface area contributed by atoms with Crippen LogP contribution in [-0.4, -0.2) is 30.9 Å². The number of rotatable bonds is 4. The van der Waals surface area contributed by atoms with E-state index in [2.05, 4.69) is 46.5 Å². The van der Waals surface area contributed by atoms with Crippen LogP contribution in [0.1, 0.15) is 5.56 Å². The molecular formula is C17H11BrClN7. The van der Waals surface area contributed by atoms with Crippen LogP contribution < -0.4 is 5.43 Å². The minimum atomic E-state index is 0.438. The Kier molecular flexibility index (Phi) is 4.59. The highest BCUT2D eigenvalue weighted by molar-refractivity contribution is 9.10. The molecule has 0 fully saturated rings. The number of pyridine rings is 1. The van der Waals surface area contributed by atoms with Crippen LogP contribution in [0.3, 0.4) is 0 Å². The van der Waals surface area contributed by atoms with Crippen molar-refractivity contribution >= 4 is 50.6 Å². The van der Waals surface area contributed by atoms with E-state index in [1.54, 1.807) is 29.4 Å². The zero-order valence-corrected chi connectivity index (χ0v) is 15.6. The van der Waals surface area contributed by atoms with Gasteiger partial charge in [-0.1, -0.05) is 33.6 Å². The third-order valence-electron chi connectivity index (χ3n) is 3.55. The van der Waals surface area contributed by atoms with Crippen molar-refractivity contribution in [2.75, 3.05) is 5.43 Å². The van der Waals surface area contributed by atoms with Gasteiger partial charge in [-0.25, -0.2) is 19.6 Å². The molecule has 4 aromatic rings. The Morgan fingerprint density at radius 3 is 2.85 bits per heavy atom. The second-order valence-electron chi connectivity index (χ2n) is 5.28. The summed E-state index contributed by atoms with van der Waals surface area (Å²) in [6, 6.07) is 11.3. The van der Waals surface area contributed by atoms with Crippen LogP contribution in [0, 0.1) is 0 Å². The summed E-state index contributed by atoms with van der Waals surface area (Å²) in [6.07, 6.45) is 6.45. The lowest BCUT2D eigenvalue weighted by Crippen LogP contribution is -1.99. The lowest BCUT2D eigenvalue weighted by molar-refractivity contribution is 0.894. The monoisotopic (exact) mass is 427 g/mol. The Bertz CT molecular complexity index is 1090. The van der Waals surface area contributed by atoms with E-state index in [1.807, 2.05) is 30.3 Å². The first-order valence-electron chi connectivity index (χ1n) is 7.56. The smallest absolute Gasteiger partial charge is 0.168 e. The fourth-order valence-electron chi connectivity index (χ4n) is 2.36. The summed E-state index contributed by atoms with van der Waals surface area (Å²) in [4.78, 5) is 12.6. The van der Waals surface area contributed by atoms with Gasteiger partial charge < -0.3 is 0 Å². The Balaban J connectivity index is 1.63. The summed E-state index contributed by atoms with van der Waals surface area (Å²) >= 11 is 9.24. The molecular weight excluding hydrogens is 418 g/mol. The van der Waals surface area contributed by atoms with Gasteiger partial charge in [0.1, 0.15) is 11.5 Å². The van der Waals surface area contributed by atoms with Gasteiger partial charge in [-0.15, -0.1) is 0 Å². The highest BCUT2D eigenvalue weighted by atomic mass is 79.9. The van der Waals surface area contributed by atoms with Crippen molar-refractivity contribution in [3.63, 3.8) is 0 Å². The van der Waals surface area contributed by atoms with E-state index in [1.165, 1.54) is 6.33 Å². The summed E-state index contributed by atoms with van der Waals surface area (Å²) in [5.74, 6) is 0.564. The van der Waals surface area contributed by atoms with E-state index < -0.39 is 0 Å². The maximum absolute atomic E-state index is 5.77. The number of benzene rings is 1. The molecule has 0 unspecified atom stereocenters. The van der Waals surface area contributed by atoms with Crippen LogP contribution in [-0.2, 0) is 0 Å². The number of hydrogen-bond acceptors (Lipinski definition) is 6. The average molecular weight is 429 g/mol. The normalized spacial score (nSPS) is 11.3. The fourth-order valence-corrected chi connectivity index (χ4v) is 2.86. The van der Waals surface area contributed by atoms with Crippen molar-refractivity contribution in [3.8, 4) is 5.69 Å². The average Bonchev–Trinajstić information content (AvgIpc) is 3.08. The molecule has 0 aliphatic carbocycles. The first-order valence-corrected chi connectivity index (χ1v) is 8.73. The molecule has 0 aliphatic heterocycles. The lowest BCUT2D eigenvalue weighted by atomic mass is 10.3. The molecule has 0 saturated heterocycles. The standard InChI is InChI=1S/C17H11BrClN7/c18-12-2-1-3-13(6-12)26-17-14(9-24-26)16(21-10-22-17)25-23-8-11-4-5-15(19)20-7-11/h1-10H,(H,21,22,25). The number of nitrogens with one attached hydrogen (secondary N) is 1. The summed E-state index contributed by atoms with van der Waals surface area (Å²) in [7, 11) is 0. The van der Waals surface area contributed by atoms with Crippen LogP contribution in [0.5, 0.6) is 0 Å². The minimum Gasteiger partial charge on any atom is -0.261 e. The molecule has 0 saturated carbocycles. The largest absolute Gasteiger partial charge is 0.261 e. The van der Waals surface area contributed by atoms with Crippen molar-refractivity contribution in [2.24, 2.45) is 5.10 Å². The predicted molar refractivity (Wildman–Crippen MR) is 105 cm³/mol. The first-order chi connectivity index (χ1) is 12.7. The third kappa shape index (κ3) is 3.42. The van der Waals surface area contributed by atoms with Crippen LogP contribution in [0.15, 0.2) is 64.7 Å². The van der Waals surface area contributed by atoms with Gasteiger partial charge in [-0.05, 0) is 30.3 Å². The predicted octanol–water partition coefficient (Wildman–Crippen LogP) is 4.07. The Morgan fingerprint density at radius 2 is 2.04 bits per heavy atom. The zero-order valence-electron chi connectivity index (χ0n) is 13.2. The first kappa shape index (κ1) is 16.6. The van der Waals surface area contributed by atoms with E-state index >= 15 is 0 Å². The van der Waals surface area contributed by atoms with E-state index in [9.17, 15) is 0 Å². The molecule has 26 heavy (non-hydrogen) atoms. The maximum atomic E-state index is 5.77. The highest BCUT2D eigenvalue weighted by Crippen LogP contribution is 2.23. The van der Waals surface area contributed by atoms with Gasteiger partial charge in [0, 0.05) is 16.2 Å². The van der Waals surface area contributed by atoms with Crippen molar-refractivity contribution < 1.29 is 0 Å². The molecule has 1 aromatic carbocycles. The van der Waals surface area contributed by atoms with E-state index in [-0.39, 0.29) is 0 Å². The van der Waals surface area contributed by atoms with Gasteiger partial charge >= 0.3 is 0 Å². The second-order valence-corrected chi connectivity index (χ2v) is 6.58. The molecule has 0 aliphatic rings. The molecule has 1 N–H and O–H groups in total. The van der Waals surface area contributed by atoms with Crippen molar-refractivity contribution in [1.82, 2.24) is 24.7 Å². The number of fused-ring (bicyclic) bond motifs is 1. The summed E-state index contributed by atoms with van der Waals surface area (Å²) in [6.45, 7) is 0. The van der Waals surface area contributed by atoms with Gasteiger partial charge in [0.25, 0.3) is 0 Å². The Morgan fingerprint density at radius 1 is 1.12 bits per heavy atom. The zero-order chi connectivity index (χ0) is 17.9. The third-order valence-corrected chi connectivity index (χ3v) is 4.27. The summed E-state index contributed by atoms with van der Waals surface area (Å²) < 4.78 is 2.71. The topological polar surface area (TPSA) is 80.9 Å². The van der Waals surface area contributed by atoms with Gasteiger partial charge in [0.05, 0.1) is 23.5 Å². The minimum absolute atomic E-state index is 0.438. The maximum Gasteiger partial charge on any atom is 0.168 e. The van der Waals surface area contributed by atoms with Crippen LogP contribution >= 0.6 is 27.5 Å². The van der Waals surface area contributed by atoms with Gasteiger partial charge in [-0.3, -0.25) is 5.43 Å². The highest BCUT2D eigenvalue weighted by Gasteiger charge is 2.10. The molecule has 0 radical (unpaired) electrons. The number of halogens is 2. The lowest BCUT2D eigenvalue weighted by Gasteiger charge is -2.04. The molecule has 0 spiro atoms. The fraction of sp³-hybridized carbons (Fsp3) is 0. The van der Waals surface area contributed by atoms with Crippen molar-refractivity contribution in [2.45, 2.75) is 0 Å². The molecule has 0 amide bonds. The van der Waals surface area contributed by atoms with Gasteiger partial charge in [0.15, 0.2) is 11.5 Å². The quantitative estimate of drug-likeness (QED) is 0.301. The van der Waals surface area contributed by atoms with Crippen LogP contribution in [0.4, 0.5) is 5.82 Å². The number of hydrazone groups is 1. The number of hydrogen-bond donors (Lipinski definition) is 1. The SMILES string of the molecule is Clc1ccc(C=NNc2ncnc3c2cnn3-c2cccc(Br)c2)cn1. The molecule has 128 valence electrons. The van der Waals surface area contributed by atoms with E-state index in [4.69, 9.17) is 11.6 Å². The second kappa shape index (κ2) is 7.19. The molecule has 3 heterocycles. The molecule has 9 heteroatoms. The number of aromatic nitrogens is 5. The van der Waals surface area contributed by atoms with Crippen LogP contribution in [0.25, 0.3) is 16.7 Å². The van der Waals surface area contributed by atoms with Crippen molar-refractivity contribution in [3.05, 3.63) is 70.3 Å². The molecule has 0 bridgehead atoms. The van der Waals surface area contributed by atoms with Crippen molar-refractivity contribution in [1.29, 1.82) is 0 Å². The summed E-state index contributed by atoms with van der Waals surface area (Å²) in [5.41, 5.74) is 5.32.